The second-order valence-electron chi connectivity index (χ2n) is 7.65. The molecule has 10 heteroatoms. The first-order valence-corrected chi connectivity index (χ1v) is 10.7. The number of rotatable bonds is 6. The lowest BCUT2D eigenvalue weighted by Gasteiger charge is -2.37. The molecule has 6 nitrogen and oxygen atoms in total. The van der Waals surface area contributed by atoms with Gasteiger partial charge in [-0.2, -0.15) is 13.2 Å². The van der Waals surface area contributed by atoms with Gasteiger partial charge in [-0.15, -0.1) is 0 Å². The van der Waals surface area contributed by atoms with Crippen LogP contribution < -0.4 is 10.5 Å². The summed E-state index contributed by atoms with van der Waals surface area (Å²) < 4.78 is 45.0. The van der Waals surface area contributed by atoms with Crippen molar-refractivity contribution in [3.8, 4) is 16.9 Å². The summed E-state index contributed by atoms with van der Waals surface area (Å²) in [7, 11) is 0. The molecule has 1 heterocycles. The van der Waals surface area contributed by atoms with Crippen molar-refractivity contribution in [3.63, 3.8) is 0 Å². The van der Waals surface area contributed by atoms with Crippen LogP contribution in [-0.4, -0.2) is 35.4 Å². The summed E-state index contributed by atoms with van der Waals surface area (Å²) in [4.78, 5) is 36.9. The molecule has 2 amide bonds. The normalized spacial score (nSPS) is 15.7. The zero-order valence-corrected chi connectivity index (χ0v) is 18.5. The highest BCUT2D eigenvalue weighted by Gasteiger charge is 2.48. The molecule has 3 rings (SSSR count). The number of unbranched alkanes of at least 4 members (excludes halogenated alkanes) is 1. The van der Waals surface area contributed by atoms with E-state index in [0.29, 0.717) is 33.0 Å². The van der Waals surface area contributed by atoms with E-state index in [1.165, 1.54) is 6.07 Å². The SMILES string of the molecule is CCCCC(=O)Oc1cc(-c2ccccc2Cl)c2c(c1)C(C(N)=O)N(C(=O)C(F)(F)F)CC2. The number of hydrogen-bond donors (Lipinski definition) is 1. The molecule has 1 aliphatic rings. The third-order valence-corrected chi connectivity index (χ3v) is 5.70. The predicted octanol–water partition coefficient (Wildman–Crippen LogP) is 4.58. The molecule has 2 aromatic rings. The quantitative estimate of drug-likeness (QED) is 0.482. The van der Waals surface area contributed by atoms with Crippen molar-refractivity contribution in [2.24, 2.45) is 5.73 Å². The zero-order chi connectivity index (χ0) is 24.3. The lowest BCUT2D eigenvalue weighted by atomic mass is 9.85. The molecule has 1 aliphatic heterocycles. The molecule has 0 spiro atoms. The van der Waals surface area contributed by atoms with E-state index in [-0.39, 0.29) is 30.7 Å². The first-order valence-electron chi connectivity index (χ1n) is 10.3. The number of alkyl halides is 3. The van der Waals surface area contributed by atoms with Crippen molar-refractivity contribution in [2.45, 2.75) is 44.8 Å². The number of ether oxygens (including phenoxy) is 1. The van der Waals surface area contributed by atoms with Gasteiger partial charge < -0.3 is 15.4 Å². The van der Waals surface area contributed by atoms with Gasteiger partial charge in [0.1, 0.15) is 11.8 Å². The van der Waals surface area contributed by atoms with E-state index >= 15 is 0 Å². The van der Waals surface area contributed by atoms with Crippen molar-refractivity contribution < 1.29 is 32.3 Å². The molecule has 176 valence electrons. The summed E-state index contributed by atoms with van der Waals surface area (Å²) in [6.07, 6.45) is -3.65. The van der Waals surface area contributed by atoms with Crippen molar-refractivity contribution in [1.29, 1.82) is 0 Å². The summed E-state index contributed by atoms with van der Waals surface area (Å²) >= 11 is 6.35. The standard InChI is InChI=1S/C23H22ClF3N2O4/c1-2-3-8-19(30)33-13-11-16(15-6-4-5-7-18(15)24)14-9-10-29(22(32)23(25,26)27)20(21(28)31)17(14)12-13/h4-7,11-12,20H,2-3,8-10H2,1H3,(H2,28,31). The van der Waals surface area contributed by atoms with Gasteiger partial charge in [-0.25, -0.2) is 0 Å². The second kappa shape index (κ2) is 9.82. The molecule has 1 unspecified atom stereocenters. The summed E-state index contributed by atoms with van der Waals surface area (Å²) in [6, 6.07) is 7.95. The molecular weight excluding hydrogens is 461 g/mol. The molecule has 0 saturated heterocycles. The van der Waals surface area contributed by atoms with E-state index in [4.69, 9.17) is 22.1 Å². The third-order valence-electron chi connectivity index (χ3n) is 5.37. The molecule has 0 bridgehead atoms. The van der Waals surface area contributed by atoms with Gasteiger partial charge in [0.25, 0.3) is 0 Å². The Morgan fingerprint density at radius 2 is 1.88 bits per heavy atom. The fraction of sp³-hybridized carbons (Fsp3) is 0.348. The summed E-state index contributed by atoms with van der Waals surface area (Å²) in [5, 5.41) is 0.360. The Bertz CT molecular complexity index is 1090. The minimum Gasteiger partial charge on any atom is -0.426 e. The number of carbonyl (C=O) groups is 3. The van der Waals surface area contributed by atoms with Gasteiger partial charge in [-0.1, -0.05) is 43.1 Å². The smallest absolute Gasteiger partial charge is 0.426 e. The summed E-state index contributed by atoms with van der Waals surface area (Å²) in [5.74, 6) is -3.80. The second-order valence-corrected chi connectivity index (χ2v) is 8.05. The van der Waals surface area contributed by atoms with E-state index in [2.05, 4.69) is 0 Å². The minimum atomic E-state index is -5.18. The number of primary amides is 1. The Labute approximate surface area is 193 Å². The van der Waals surface area contributed by atoms with Crippen LogP contribution in [0.1, 0.15) is 43.4 Å². The van der Waals surface area contributed by atoms with E-state index in [9.17, 15) is 27.6 Å². The van der Waals surface area contributed by atoms with E-state index < -0.39 is 30.0 Å². The highest BCUT2D eigenvalue weighted by molar-refractivity contribution is 6.33. The van der Waals surface area contributed by atoms with Crippen LogP contribution in [-0.2, 0) is 20.8 Å². The van der Waals surface area contributed by atoms with Crippen LogP contribution >= 0.6 is 11.6 Å². The zero-order valence-electron chi connectivity index (χ0n) is 17.7. The van der Waals surface area contributed by atoms with E-state index in [1.54, 1.807) is 30.3 Å². The monoisotopic (exact) mass is 482 g/mol. The van der Waals surface area contributed by atoms with Crippen molar-refractivity contribution in [3.05, 3.63) is 52.5 Å². The lowest BCUT2D eigenvalue weighted by Crippen LogP contribution is -2.50. The van der Waals surface area contributed by atoms with Gasteiger partial charge >= 0.3 is 18.1 Å². The average molecular weight is 483 g/mol. The average Bonchev–Trinajstić information content (AvgIpc) is 2.75. The fourth-order valence-electron chi connectivity index (χ4n) is 3.89. The predicted molar refractivity (Wildman–Crippen MR) is 115 cm³/mol. The maximum absolute atomic E-state index is 13.2. The van der Waals surface area contributed by atoms with Gasteiger partial charge in [0.05, 0.1) is 0 Å². The van der Waals surface area contributed by atoms with Crippen LogP contribution in [0.2, 0.25) is 5.02 Å². The van der Waals surface area contributed by atoms with Gasteiger partial charge in [0, 0.05) is 23.6 Å². The van der Waals surface area contributed by atoms with Crippen LogP contribution in [0.3, 0.4) is 0 Å². The van der Waals surface area contributed by atoms with Crippen LogP contribution in [0, 0.1) is 0 Å². The highest BCUT2D eigenvalue weighted by Crippen LogP contribution is 2.42. The van der Waals surface area contributed by atoms with Crippen molar-refractivity contribution >= 4 is 29.4 Å². The molecule has 0 saturated carbocycles. The molecule has 33 heavy (non-hydrogen) atoms. The van der Waals surface area contributed by atoms with Crippen molar-refractivity contribution in [2.75, 3.05) is 6.54 Å². The van der Waals surface area contributed by atoms with Crippen LogP contribution in [0.25, 0.3) is 11.1 Å². The van der Waals surface area contributed by atoms with Gasteiger partial charge in [0.15, 0.2) is 0 Å². The number of carbonyl (C=O) groups excluding carboxylic acids is 3. The van der Waals surface area contributed by atoms with Crippen molar-refractivity contribution in [1.82, 2.24) is 4.90 Å². The largest absolute Gasteiger partial charge is 0.471 e. The molecule has 2 aromatic carbocycles. The maximum atomic E-state index is 13.2. The Morgan fingerprint density at radius 3 is 2.48 bits per heavy atom. The summed E-state index contributed by atoms with van der Waals surface area (Å²) in [6.45, 7) is 1.54. The molecule has 1 atom stereocenters. The highest BCUT2D eigenvalue weighted by atomic mass is 35.5. The number of hydrogen-bond acceptors (Lipinski definition) is 4. The van der Waals surface area contributed by atoms with Crippen LogP contribution in [0.4, 0.5) is 13.2 Å². The lowest BCUT2D eigenvalue weighted by molar-refractivity contribution is -0.188. The Hall–Kier alpha value is -3.07. The van der Waals surface area contributed by atoms with E-state index in [1.807, 2.05) is 6.92 Å². The Balaban J connectivity index is 2.18. The topological polar surface area (TPSA) is 89.7 Å². The number of nitrogens with zero attached hydrogens (tertiary/aromatic N) is 1. The molecule has 0 fully saturated rings. The molecule has 0 radical (unpaired) electrons. The van der Waals surface area contributed by atoms with Gasteiger partial charge in [0.2, 0.25) is 5.91 Å². The molecule has 2 N–H and O–H groups in total. The number of fused-ring (bicyclic) bond motifs is 1. The number of nitrogens with two attached hydrogens (primary N) is 1. The molecule has 0 aromatic heterocycles. The number of benzene rings is 2. The van der Waals surface area contributed by atoms with Crippen LogP contribution in [0.5, 0.6) is 5.75 Å². The minimum absolute atomic E-state index is 0.0194. The first kappa shape index (κ1) is 24.6. The van der Waals surface area contributed by atoms with Crippen LogP contribution in [0.15, 0.2) is 36.4 Å². The number of amides is 2. The van der Waals surface area contributed by atoms with E-state index in [0.717, 1.165) is 6.42 Å². The third kappa shape index (κ3) is 5.30. The first-order chi connectivity index (χ1) is 15.5. The Kier molecular flexibility index (Phi) is 7.31. The number of esters is 1. The van der Waals surface area contributed by atoms with Gasteiger partial charge in [-0.3, -0.25) is 14.4 Å². The number of halogens is 4. The maximum Gasteiger partial charge on any atom is 0.471 e. The van der Waals surface area contributed by atoms with Gasteiger partial charge in [-0.05, 0) is 47.7 Å². The summed E-state index contributed by atoms with van der Waals surface area (Å²) in [5.41, 5.74) is 7.06. The molecular formula is C23H22ClF3N2O4. The Morgan fingerprint density at radius 1 is 1.18 bits per heavy atom. The fourth-order valence-corrected chi connectivity index (χ4v) is 4.13. The molecule has 0 aliphatic carbocycles.